The van der Waals surface area contributed by atoms with Crippen LogP contribution in [0.1, 0.15) is 15.9 Å². The molecule has 1 aliphatic carbocycles. The van der Waals surface area contributed by atoms with Crippen LogP contribution in [0.2, 0.25) is 0 Å². The van der Waals surface area contributed by atoms with Crippen LogP contribution in [-0.2, 0) is 0 Å². The Morgan fingerprint density at radius 1 is 1.35 bits per heavy atom. The summed E-state index contributed by atoms with van der Waals surface area (Å²) in [7, 11) is 0. The maximum atomic E-state index is 13.1. The van der Waals surface area contributed by atoms with Crippen LogP contribution >= 0.6 is 0 Å². The van der Waals surface area contributed by atoms with E-state index in [0.29, 0.717) is 18.7 Å². The number of carbonyl (C=O) groups excluding carboxylic acids is 1. The highest BCUT2D eigenvalue weighted by molar-refractivity contribution is 5.78. The fourth-order valence-corrected chi connectivity index (χ4v) is 2.71. The van der Waals surface area contributed by atoms with Gasteiger partial charge in [-0.3, -0.25) is 4.79 Å². The third-order valence-corrected chi connectivity index (χ3v) is 3.94. The number of carbonyl (C=O) groups is 1. The number of alkyl halides is 2. The Hall–Kier alpha value is -1.45. The Bertz CT molecular complexity index is 472. The largest absolute Gasteiger partial charge is 0.370 e. The quantitative estimate of drug-likeness (QED) is 0.737. The third-order valence-electron chi connectivity index (χ3n) is 3.94. The summed E-state index contributed by atoms with van der Waals surface area (Å²) >= 11 is 0. The number of hydrogen-bond acceptors (Lipinski definition) is 2. The van der Waals surface area contributed by atoms with Crippen molar-refractivity contribution in [2.75, 3.05) is 18.0 Å². The fraction of sp³-hybridized carbons (Fsp3) is 0.462. The lowest BCUT2D eigenvalue weighted by Crippen LogP contribution is -2.27. The van der Waals surface area contributed by atoms with Crippen molar-refractivity contribution in [1.82, 2.24) is 0 Å². The topological polar surface area (TPSA) is 20.3 Å². The number of benzene rings is 1. The zero-order chi connectivity index (χ0) is 12.2. The third kappa shape index (κ3) is 1.47. The van der Waals surface area contributed by atoms with Crippen LogP contribution in [0.3, 0.4) is 0 Å². The number of halogens is 2. The molecule has 1 aromatic carbocycles. The molecule has 0 radical (unpaired) electrons. The van der Waals surface area contributed by atoms with Crippen molar-refractivity contribution in [3.8, 4) is 0 Å². The molecule has 17 heavy (non-hydrogen) atoms. The number of aryl methyl sites for hydroxylation is 1. The molecule has 2 unspecified atom stereocenters. The number of hydrogen-bond donors (Lipinski definition) is 0. The minimum absolute atomic E-state index is 0.428. The lowest BCUT2D eigenvalue weighted by Gasteiger charge is -2.22. The van der Waals surface area contributed by atoms with Gasteiger partial charge in [0, 0.05) is 24.3 Å². The molecule has 4 heteroatoms. The number of rotatable bonds is 2. The Kier molecular flexibility index (Phi) is 2.06. The van der Waals surface area contributed by atoms with E-state index in [2.05, 4.69) is 0 Å². The van der Waals surface area contributed by atoms with Crippen LogP contribution in [-0.4, -0.2) is 25.3 Å². The molecule has 0 spiro atoms. The summed E-state index contributed by atoms with van der Waals surface area (Å²) in [5.41, 5.74) is 2.49. The van der Waals surface area contributed by atoms with Crippen molar-refractivity contribution in [2.24, 2.45) is 11.8 Å². The average molecular weight is 237 g/mol. The van der Waals surface area contributed by atoms with Gasteiger partial charge < -0.3 is 4.90 Å². The van der Waals surface area contributed by atoms with E-state index in [4.69, 9.17) is 0 Å². The molecule has 0 aromatic heterocycles. The van der Waals surface area contributed by atoms with Crippen LogP contribution in [0.4, 0.5) is 14.5 Å². The van der Waals surface area contributed by atoms with E-state index >= 15 is 0 Å². The van der Waals surface area contributed by atoms with Gasteiger partial charge in [0.15, 0.2) is 0 Å². The van der Waals surface area contributed by atoms with Gasteiger partial charge in [0.2, 0.25) is 0 Å². The van der Waals surface area contributed by atoms with Gasteiger partial charge in [-0.25, -0.2) is 8.78 Å². The normalized spacial score (nSPS) is 29.0. The molecule has 1 aromatic rings. The summed E-state index contributed by atoms with van der Waals surface area (Å²) in [6, 6.07) is 5.48. The Morgan fingerprint density at radius 2 is 2.00 bits per heavy atom. The predicted molar refractivity (Wildman–Crippen MR) is 60.7 cm³/mol. The number of nitrogens with zero attached hydrogens (tertiary/aromatic N) is 1. The van der Waals surface area contributed by atoms with Crippen LogP contribution < -0.4 is 4.90 Å². The summed E-state index contributed by atoms with van der Waals surface area (Å²) < 4.78 is 26.1. The van der Waals surface area contributed by atoms with Crippen LogP contribution in [0.15, 0.2) is 18.2 Å². The van der Waals surface area contributed by atoms with Crippen molar-refractivity contribution in [3.05, 3.63) is 29.3 Å². The summed E-state index contributed by atoms with van der Waals surface area (Å²) in [6.07, 6.45) is 0.814. The number of anilines is 1. The first-order valence-corrected chi connectivity index (χ1v) is 5.72. The van der Waals surface area contributed by atoms with E-state index < -0.39 is 17.8 Å². The monoisotopic (exact) mass is 237 g/mol. The molecular formula is C13H13F2NO. The molecule has 2 nitrogen and oxygen atoms in total. The molecule has 1 heterocycles. The smallest absolute Gasteiger partial charge is 0.258 e. The van der Waals surface area contributed by atoms with Gasteiger partial charge in [0.1, 0.15) is 6.29 Å². The van der Waals surface area contributed by atoms with E-state index in [1.165, 1.54) is 0 Å². The van der Waals surface area contributed by atoms with Gasteiger partial charge in [0.25, 0.3) is 5.92 Å². The molecular weight excluding hydrogens is 224 g/mol. The second kappa shape index (κ2) is 3.28. The lowest BCUT2D eigenvalue weighted by molar-refractivity contribution is 0.0797. The molecule has 3 rings (SSSR count). The minimum atomic E-state index is -2.44. The van der Waals surface area contributed by atoms with Crippen molar-refractivity contribution in [1.29, 1.82) is 0 Å². The summed E-state index contributed by atoms with van der Waals surface area (Å²) in [4.78, 5) is 12.7. The Labute approximate surface area is 98.2 Å². The highest BCUT2D eigenvalue weighted by Gasteiger charge is 2.71. The van der Waals surface area contributed by atoms with Gasteiger partial charge in [-0.1, -0.05) is 0 Å². The van der Waals surface area contributed by atoms with E-state index in [9.17, 15) is 13.6 Å². The number of aldehydes is 1. The van der Waals surface area contributed by atoms with Gasteiger partial charge >= 0.3 is 0 Å². The van der Waals surface area contributed by atoms with Crippen molar-refractivity contribution in [3.63, 3.8) is 0 Å². The molecule has 90 valence electrons. The molecule has 2 fully saturated rings. The van der Waals surface area contributed by atoms with E-state index in [1.54, 1.807) is 6.07 Å². The molecule has 0 amide bonds. The van der Waals surface area contributed by atoms with Gasteiger partial charge in [0.05, 0.1) is 11.8 Å². The number of piperidine rings is 1. The first-order valence-electron chi connectivity index (χ1n) is 5.72. The minimum Gasteiger partial charge on any atom is -0.370 e. The van der Waals surface area contributed by atoms with Crippen molar-refractivity contribution < 1.29 is 13.6 Å². The molecule has 1 saturated heterocycles. The van der Waals surface area contributed by atoms with Crippen LogP contribution in [0.5, 0.6) is 0 Å². The van der Waals surface area contributed by atoms with E-state index in [0.717, 1.165) is 17.5 Å². The summed E-state index contributed by atoms with van der Waals surface area (Å²) in [5, 5.41) is 0. The highest BCUT2D eigenvalue weighted by Crippen LogP contribution is 2.59. The molecule has 0 N–H and O–H groups in total. The Balaban J connectivity index is 1.79. The van der Waals surface area contributed by atoms with Crippen molar-refractivity contribution >= 4 is 12.0 Å². The number of fused-ring (bicyclic) bond motifs is 1. The van der Waals surface area contributed by atoms with E-state index in [-0.39, 0.29) is 0 Å². The van der Waals surface area contributed by atoms with E-state index in [1.807, 2.05) is 24.0 Å². The maximum absolute atomic E-state index is 13.1. The second-order valence-electron chi connectivity index (χ2n) is 4.95. The van der Waals surface area contributed by atoms with Crippen LogP contribution in [0.25, 0.3) is 0 Å². The first kappa shape index (κ1) is 10.7. The first-order chi connectivity index (χ1) is 8.04. The SMILES string of the molecule is Cc1cc(N2CC3C(C2)C3(F)F)ccc1C=O. The lowest BCUT2D eigenvalue weighted by atomic mass is 10.1. The molecule has 0 bridgehead atoms. The average Bonchev–Trinajstić information content (AvgIpc) is 2.70. The van der Waals surface area contributed by atoms with Gasteiger partial charge in [-0.15, -0.1) is 0 Å². The summed E-state index contributed by atoms with van der Waals surface area (Å²) in [6.45, 7) is 2.72. The highest BCUT2D eigenvalue weighted by atomic mass is 19.3. The standard InChI is InChI=1S/C13H13F2NO/c1-8-4-10(3-2-9(8)7-17)16-5-11-12(6-16)13(11,14)15/h2-4,7,11-12H,5-6H2,1H3. The maximum Gasteiger partial charge on any atom is 0.258 e. The molecule has 2 aliphatic rings. The van der Waals surface area contributed by atoms with Crippen molar-refractivity contribution in [2.45, 2.75) is 12.8 Å². The fourth-order valence-electron chi connectivity index (χ4n) is 2.71. The van der Waals surface area contributed by atoms with Gasteiger partial charge in [-0.2, -0.15) is 0 Å². The predicted octanol–water partition coefficient (Wildman–Crippen LogP) is 2.51. The molecule has 1 saturated carbocycles. The zero-order valence-corrected chi connectivity index (χ0v) is 9.49. The summed E-state index contributed by atoms with van der Waals surface area (Å²) in [5.74, 6) is -3.36. The Morgan fingerprint density at radius 3 is 2.53 bits per heavy atom. The van der Waals surface area contributed by atoms with Gasteiger partial charge in [-0.05, 0) is 30.7 Å². The van der Waals surface area contributed by atoms with Crippen LogP contribution in [0, 0.1) is 18.8 Å². The molecule has 2 atom stereocenters. The second-order valence-corrected chi connectivity index (χ2v) is 4.95. The molecule has 1 aliphatic heterocycles. The zero-order valence-electron chi connectivity index (χ0n) is 9.49.